The predicted molar refractivity (Wildman–Crippen MR) is 291 cm³/mol. The normalized spacial score (nSPS) is 32.4. The molecular weight excluding hydrogens is 963 g/mol. The van der Waals surface area contributed by atoms with Crippen molar-refractivity contribution in [3.05, 3.63) is 65.9 Å². The first kappa shape index (κ1) is 65.4. The van der Waals surface area contributed by atoms with Crippen LogP contribution in [0.3, 0.4) is 0 Å². The fourth-order valence-corrected chi connectivity index (χ4v) is 10.6. The summed E-state index contributed by atoms with van der Waals surface area (Å²) in [5.41, 5.74) is 3.16. The van der Waals surface area contributed by atoms with E-state index in [-0.39, 0.29) is 35.9 Å². The lowest BCUT2D eigenvalue weighted by Gasteiger charge is -2.42. The molecule has 6 N–H and O–H groups in total. The molecule has 426 valence electrons. The molecule has 10 unspecified atom stereocenters. The molecule has 4 aliphatic rings. The quantitative estimate of drug-likeness (QED) is 0.0866. The molecule has 2 aromatic carbocycles. The molecule has 1 aromatic heterocycles. The standard InChI is InChI=1S/C47H67N3O9.C7H14O3.C2H6.2CH4O/c1-29-21-41(55-8)44(30(2)20-31(3)46(53)57-28-47(6,54)45(52)33(5)43(29)51)59-42-25-37(22-32(4)58-42)49(7)17-11-19-56-38-24-36-23-34(14-15-39(36)48-26-38)27-50-18-16-35-12-9-10-13-40(35)50;1-4-3-6(8)10-5(2)7(4)9;3*1-2/h9-10,12-15,23-24,26,29-33,37,41-42,44-45,52,54H,11,16-22,25,27-28H2,1-8H3;4-9H,3H2,1-2H3;1-2H3;2*2H,1H3/t29-,30+,31?,32?,33?,37?,41?,42?,44?,45?,47-;4?,5?,6-,7-;;;/m11.../s1. The van der Waals surface area contributed by atoms with Crippen LogP contribution in [0.2, 0.25) is 0 Å². The number of ketones is 1. The molecule has 17 heteroatoms. The average Bonchev–Trinajstić information content (AvgIpc) is 3.82. The lowest BCUT2D eigenvalue weighted by atomic mass is 9.80. The number of aliphatic hydroxyl groups excluding tert-OH is 5. The predicted octanol–water partition coefficient (Wildman–Crippen LogP) is 6.71. The summed E-state index contributed by atoms with van der Waals surface area (Å²) in [6.45, 7) is 21.2. The van der Waals surface area contributed by atoms with Crippen molar-refractivity contribution in [2.45, 2.75) is 182 Å². The van der Waals surface area contributed by atoms with Gasteiger partial charge in [-0.15, -0.1) is 0 Å². The number of nitrogens with zero attached hydrogens (tertiary/aromatic N) is 3. The number of cyclic esters (lactones) is 1. The number of fused-ring (bicyclic) bond motifs is 2. The summed E-state index contributed by atoms with van der Waals surface area (Å²) in [5, 5.41) is 55.3. The second kappa shape index (κ2) is 32.1. The summed E-state index contributed by atoms with van der Waals surface area (Å²) in [6, 6.07) is 17.4. The molecule has 4 aliphatic heterocycles. The summed E-state index contributed by atoms with van der Waals surface area (Å²) in [6.07, 6.45) is 2.19. The number of esters is 1. The second-order valence-electron chi connectivity index (χ2n) is 20.9. The van der Waals surface area contributed by atoms with Crippen molar-refractivity contribution in [2.24, 2.45) is 29.6 Å². The van der Waals surface area contributed by atoms with E-state index >= 15 is 0 Å². The minimum absolute atomic E-state index is 0.0504. The maximum absolute atomic E-state index is 13.5. The van der Waals surface area contributed by atoms with Gasteiger partial charge in [0.15, 0.2) is 12.6 Å². The molecule has 0 radical (unpaired) electrons. The topological polar surface area (TPSA) is 230 Å². The number of anilines is 1. The van der Waals surface area contributed by atoms with Gasteiger partial charge in [0.25, 0.3) is 0 Å². The van der Waals surface area contributed by atoms with E-state index in [1.807, 2.05) is 34.6 Å². The van der Waals surface area contributed by atoms with Crippen LogP contribution in [-0.4, -0.2) is 168 Å². The van der Waals surface area contributed by atoms with Crippen LogP contribution in [0.1, 0.15) is 119 Å². The van der Waals surface area contributed by atoms with E-state index in [1.54, 1.807) is 34.1 Å². The van der Waals surface area contributed by atoms with Crippen LogP contribution >= 0.6 is 0 Å². The number of hydrogen-bond acceptors (Lipinski definition) is 17. The van der Waals surface area contributed by atoms with Crippen LogP contribution < -0.4 is 9.64 Å². The zero-order valence-corrected chi connectivity index (χ0v) is 47.6. The number of hydrogen-bond donors (Lipinski definition) is 6. The highest BCUT2D eigenvalue weighted by atomic mass is 16.7. The van der Waals surface area contributed by atoms with Gasteiger partial charge in [-0.2, -0.15) is 0 Å². The number of methoxy groups -OCH3 is 1. The van der Waals surface area contributed by atoms with Gasteiger partial charge in [0.1, 0.15) is 23.7 Å². The molecule has 0 amide bonds. The second-order valence-corrected chi connectivity index (χ2v) is 20.9. The molecule has 75 heavy (non-hydrogen) atoms. The van der Waals surface area contributed by atoms with Gasteiger partial charge >= 0.3 is 5.97 Å². The van der Waals surface area contributed by atoms with Crippen LogP contribution in [-0.2, 0) is 46.2 Å². The Bertz CT molecular complexity index is 2120. The first-order valence-corrected chi connectivity index (χ1v) is 27.1. The Balaban J connectivity index is 0.000000808. The average molecular weight is 1060 g/mol. The third-order valence-electron chi connectivity index (χ3n) is 14.9. The van der Waals surface area contributed by atoms with Gasteiger partial charge in [0.2, 0.25) is 0 Å². The van der Waals surface area contributed by atoms with E-state index in [1.165, 1.54) is 23.7 Å². The summed E-state index contributed by atoms with van der Waals surface area (Å²) in [4.78, 5) is 36.1. The zero-order valence-electron chi connectivity index (χ0n) is 47.6. The third kappa shape index (κ3) is 18.9. The Morgan fingerprint density at radius 2 is 1.55 bits per heavy atom. The van der Waals surface area contributed by atoms with Crippen molar-refractivity contribution >= 4 is 28.3 Å². The van der Waals surface area contributed by atoms with Gasteiger partial charge in [-0.05, 0) is 107 Å². The van der Waals surface area contributed by atoms with E-state index in [2.05, 4.69) is 77.3 Å². The highest BCUT2D eigenvalue weighted by Gasteiger charge is 2.43. The fraction of sp³-hybridized carbons (Fsp3) is 0.707. The number of ether oxygens (including phenoxy) is 6. The van der Waals surface area contributed by atoms with Crippen LogP contribution in [0, 0.1) is 29.6 Å². The maximum Gasteiger partial charge on any atom is 0.308 e. The molecule has 0 spiro atoms. The number of pyridine rings is 1. The first-order valence-electron chi connectivity index (χ1n) is 27.1. The Kier molecular flexibility index (Phi) is 28.0. The van der Waals surface area contributed by atoms with E-state index in [0.717, 1.165) is 69.8 Å². The minimum Gasteiger partial charge on any atom is -0.492 e. The van der Waals surface area contributed by atoms with Gasteiger partial charge < -0.3 is 68.9 Å². The molecule has 0 saturated carbocycles. The minimum atomic E-state index is -1.78. The molecule has 3 aromatic rings. The van der Waals surface area contributed by atoms with Gasteiger partial charge in [-0.3, -0.25) is 14.6 Å². The van der Waals surface area contributed by atoms with E-state index < -0.39 is 72.9 Å². The van der Waals surface area contributed by atoms with Gasteiger partial charge in [0.05, 0.1) is 60.9 Å². The van der Waals surface area contributed by atoms with Gasteiger partial charge in [-0.1, -0.05) is 72.7 Å². The fourth-order valence-electron chi connectivity index (χ4n) is 10.6. The van der Waals surface area contributed by atoms with Crippen molar-refractivity contribution in [3.63, 3.8) is 0 Å². The lowest BCUT2D eigenvalue weighted by Crippen LogP contribution is -2.51. The molecule has 0 aliphatic carbocycles. The number of benzene rings is 2. The molecule has 3 saturated heterocycles. The lowest BCUT2D eigenvalue weighted by molar-refractivity contribution is -0.248. The molecule has 3 fully saturated rings. The van der Waals surface area contributed by atoms with Crippen LogP contribution in [0.15, 0.2) is 54.7 Å². The Morgan fingerprint density at radius 3 is 2.23 bits per heavy atom. The highest BCUT2D eigenvalue weighted by molar-refractivity contribution is 5.83. The van der Waals surface area contributed by atoms with Crippen molar-refractivity contribution < 1.29 is 68.6 Å². The van der Waals surface area contributed by atoms with E-state index in [4.69, 9.17) is 43.7 Å². The van der Waals surface area contributed by atoms with Gasteiger partial charge in [0, 0.05) is 82.8 Å². The number of aromatic nitrogens is 1. The summed E-state index contributed by atoms with van der Waals surface area (Å²) in [5.74, 6) is -1.84. The van der Waals surface area contributed by atoms with Crippen molar-refractivity contribution in [1.82, 2.24) is 9.88 Å². The third-order valence-corrected chi connectivity index (χ3v) is 14.9. The maximum atomic E-state index is 13.5. The largest absolute Gasteiger partial charge is 0.492 e. The van der Waals surface area contributed by atoms with Crippen molar-refractivity contribution in [3.8, 4) is 5.75 Å². The molecule has 0 bridgehead atoms. The van der Waals surface area contributed by atoms with Gasteiger partial charge in [-0.25, -0.2) is 0 Å². The Labute approximate surface area is 447 Å². The van der Waals surface area contributed by atoms with Crippen LogP contribution in [0.4, 0.5) is 5.69 Å². The Hall–Kier alpha value is -3.85. The molecule has 15 atom stereocenters. The molecule has 5 heterocycles. The molecule has 17 nitrogen and oxygen atoms in total. The van der Waals surface area contributed by atoms with E-state index in [9.17, 15) is 24.9 Å². The number of carbonyl (C=O) groups excluding carboxylic acids is 2. The summed E-state index contributed by atoms with van der Waals surface area (Å²) < 4.78 is 35.9. The Morgan fingerprint density at radius 1 is 0.853 bits per heavy atom. The molecule has 7 rings (SSSR count). The monoisotopic (exact) mass is 1060 g/mol. The summed E-state index contributed by atoms with van der Waals surface area (Å²) in [7, 11) is 5.74. The number of aliphatic hydroxyl groups is 6. The van der Waals surface area contributed by atoms with Crippen molar-refractivity contribution in [2.75, 3.05) is 59.6 Å². The number of carbonyl (C=O) groups is 2. The number of para-hydroxylation sites is 1. The first-order chi connectivity index (χ1) is 35.7. The smallest absolute Gasteiger partial charge is 0.308 e. The number of Topliss-reactive ketones (excluding diaryl/α,β-unsaturated/α-hetero) is 1. The number of rotatable bonds is 11. The summed E-state index contributed by atoms with van der Waals surface area (Å²) >= 11 is 0. The highest BCUT2D eigenvalue weighted by Crippen LogP contribution is 2.34. The van der Waals surface area contributed by atoms with Crippen LogP contribution in [0.5, 0.6) is 5.75 Å². The zero-order chi connectivity index (χ0) is 56.2. The van der Waals surface area contributed by atoms with Crippen LogP contribution in [0.25, 0.3) is 10.9 Å². The SMILES string of the molecule is CC.CC1C[C@H](O)OC(C)[C@@H]1O.CO.CO.COC1C[C@@H](C)C(=O)C(C)C(O)[C@](C)(O)COC(=O)C(C)C[C@H](C)C1OC1CC(N(C)CCCOc2cnc3ccc(CN4CCc5ccccc54)cc3c2)CC(C)O1. The molecular formula is C58H95N3O14. The van der Waals surface area contributed by atoms with E-state index in [0.29, 0.717) is 32.3 Å². The van der Waals surface area contributed by atoms with Crippen molar-refractivity contribution in [1.29, 1.82) is 0 Å².